The first kappa shape index (κ1) is 11.0. The van der Waals surface area contributed by atoms with Crippen molar-refractivity contribution in [3.8, 4) is 0 Å². The van der Waals surface area contributed by atoms with E-state index in [1.54, 1.807) is 0 Å². The van der Waals surface area contributed by atoms with Crippen LogP contribution in [-0.2, 0) is 0 Å². The first-order valence-corrected chi connectivity index (χ1v) is 5.61. The van der Waals surface area contributed by atoms with Gasteiger partial charge >= 0.3 is 0 Å². The molecule has 0 bridgehead atoms. The van der Waals surface area contributed by atoms with Crippen molar-refractivity contribution < 1.29 is 0 Å². The van der Waals surface area contributed by atoms with E-state index in [1.807, 2.05) is 0 Å². The normalized spacial score (nSPS) is 32.3. The van der Waals surface area contributed by atoms with E-state index in [2.05, 4.69) is 37.9 Å². The maximum absolute atomic E-state index is 3.42. The zero-order chi connectivity index (χ0) is 9.84. The van der Waals surface area contributed by atoms with Gasteiger partial charge in [0.1, 0.15) is 0 Å². The summed E-state index contributed by atoms with van der Waals surface area (Å²) in [6.45, 7) is 12.7. The van der Waals surface area contributed by atoms with Crippen molar-refractivity contribution in [2.24, 2.45) is 5.92 Å². The van der Waals surface area contributed by atoms with E-state index in [1.165, 1.54) is 13.0 Å². The Morgan fingerprint density at radius 1 is 1.46 bits per heavy atom. The van der Waals surface area contributed by atoms with Gasteiger partial charge in [-0.2, -0.15) is 0 Å². The molecule has 1 aliphatic rings. The van der Waals surface area contributed by atoms with Crippen LogP contribution >= 0.6 is 0 Å². The molecule has 3 unspecified atom stereocenters. The number of likely N-dealkylation sites (tertiary alicyclic amines) is 1. The second kappa shape index (κ2) is 4.97. The van der Waals surface area contributed by atoms with E-state index in [0.29, 0.717) is 6.04 Å². The molecule has 78 valence electrons. The highest BCUT2D eigenvalue weighted by Crippen LogP contribution is 2.23. The number of hydrogen-bond acceptors (Lipinski definition) is 2. The average molecular weight is 184 g/mol. The third-order valence-electron chi connectivity index (χ3n) is 3.09. The molecule has 0 aromatic heterocycles. The summed E-state index contributed by atoms with van der Waals surface area (Å²) < 4.78 is 0. The summed E-state index contributed by atoms with van der Waals surface area (Å²) >= 11 is 0. The Labute approximate surface area is 82.7 Å². The first-order chi connectivity index (χ1) is 6.15. The fraction of sp³-hybridized carbons (Fsp3) is 1.00. The summed E-state index contributed by atoms with van der Waals surface area (Å²) in [5, 5.41) is 3.42. The number of nitrogens with one attached hydrogen (secondary N) is 1. The molecule has 0 spiro atoms. The molecule has 1 saturated heterocycles. The lowest BCUT2D eigenvalue weighted by molar-refractivity contribution is 0.196. The van der Waals surface area contributed by atoms with Crippen molar-refractivity contribution in [3.63, 3.8) is 0 Å². The molecule has 2 nitrogen and oxygen atoms in total. The molecule has 1 fully saturated rings. The van der Waals surface area contributed by atoms with Gasteiger partial charge in [0.25, 0.3) is 0 Å². The smallest absolute Gasteiger partial charge is 0.0195 e. The van der Waals surface area contributed by atoms with Gasteiger partial charge in [0.15, 0.2) is 0 Å². The summed E-state index contributed by atoms with van der Waals surface area (Å²) in [5.41, 5.74) is 0. The summed E-state index contributed by atoms with van der Waals surface area (Å²) in [6.07, 6.45) is 1.37. The van der Waals surface area contributed by atoms with Crippen LogP contribution in [0, 0.1) is 5.92 Å². The average Bonchev–Trinajstić information content (AvgIpc) is 2.41. The van der Waals surface area contributed by atoms with Gasteiger partial charge < -0.3 is 5.32 Å². The Morgan fingerprint density at radius 3 is 2.62 bits per heavy atom. The van der Waals surface area contributed by atoms with Crippen molar-refractivity contribution in [3.05, 3.63) is 0 Å². The van der Waals surface area contributed by atoms with Crippen LogP contribution in [0.3, 0.4) is 0 Å². The molecule has 2 heteroatoms. The van der Waals surface area contributed by atoms with Crippen molar-refractivity contribution in [2.75, 3.05) is 19.6 Å². The fourth-order valence-corrected chi connectivity index (χ4v) is 2.42. The van der Waals surface area contributed by atoms with E-state index in [-0.39, 0.29) is 0 Å². The van der Waals surface area contributed by atoms with Crippen LogP contribution in [0.1, 0.15) is 34.1 Å². The van der Waals surface area contributed by atoms with Gasteiger partial charge in [-0.25, -0.2) is 0 Å². The van der Waals surface area contributed by atoms with Crippen molar-refractivity contribution >= 4 is 0 Å². The van der Waals surface area contributed by atoms with E-state index < -0.39 is 0 Å². The number of likely N-dealkylation sites (N-methyl/N-ethyl adjacent to an activating group) is 1. The monoisotopic (exact) mass is 184 g/mol. The van der Waals surface area contributed by atoms with Gasteiger partial charge in [-0.05, 0) is 32.7 Å². The quantitative estimate of drug-likeness (QED) is 0.715. The van der Waals surface area contributed by atoms with Crippen LogP contribution in [0.2, 0.25) is 0 Å². The highest BCUT2D eigenvalue weighted by Gasteiger charge is 2.28. The summed E-state index contributed by atoms with van der Waals surface area (Å²) in [7, 11) is 0. The molecule has 0 aromatic rings. The van der Waals surface area contributed by atoms with Gasteiger partial charge in [-0.15, -0.1) is 0 Å². The van der Waals surface area contributed by atoms with Gasteiger partial charge in [-0.1, -0.05) is 13.8 Å². The second-order valence-electron chi connectivity index (χ2n) is 4.54. The van der Waals surface area contributed by atoms with Crippen molar-refractivity contribution in [1.29, 1.82) is 0 Å². The maximum atomic E-state index is 3.42. The number of hydrogen-bond donors (Lipinski definition) is 1. The molecule has 0 radical (unpaired) electrons. The lowest BCUT2D eigenvalue weighted by Crippen LogP contribution is -2.42. The van der Waals surface area contributed by atoms with E-state index in [0.717, 1.165) is 25.0 Å². The predicted octanol–water partition coefficient (Wildman–Crippen LogP) is 1.71. The van der Waals surface area contributed by atoms with Crippen LogP contribution in [0.25, 0.3) is 0 Å². The maximum Gasteiger partial charge on any atom is 0.0195 e. The molecule has 1 N–H and O–H groups in total. The minimum atomic E-state index is 0.694. The highest BCUT2D eigenvalue weighted by atomic mass is 15.2. The van der Waals surface area contributed by atoms with Gasteiger partial charge in [0, 0.05) is 25.2 Å². The highest BCUT2D eigenvalue weighted by molar-refractivity contribution is 4.84. The van der Waals surface area contributed by atoms with Gasteiger partial charge in [-0.3, -0.25) is 4.90 Å². The molecule has 1 heterocycles. The third kappa shape index (κ3) is 2.96. The standard InChI is InChI=1S/C11H24N2/c1-5-12-7-11(4)13-8-9(2)6-10(13)3/h9-12H,5-8H2,1-4H3. The topological polar surface area (TPSA) is 15.3 Å². The van der Waals surface area contributed by atoms with Gasteiger partial charge in [0.2, 0.25) is 0 Å². The molecular weight excluding hydrogens is 160 g/mol. The zero-order valence-corrected chi connectivity index (χ0v) is 9.51. The SMILES string of the molecule is CCNCC(C)N1CC(C)CC1C. The van der Waals surface area contributed by atoms with Crippen LogP contribution in [0.5, 0.6) is 0 Å². The molecule has 0 saturated carbocycles. The molecule has 0 aliphatic carbocycles. The largest absolute Gasteiger partial charge is 0.315 e. The van der Waals surface area contributed by atoms with Crippen LogP contribution in [0.4, 0.5) is 0 Å². The minimum absolute atomic E-state index is 0.694. The third-order valence-corrected chi connectivity index (χ3v) is 3.09. The zero-order valence-electron chi connectivity index (χ0n) is 9.51. The molecule has 0 amide bonds. The Kier molecular flexibility index (Phi) is 4.20. The molecule has 3 atom stereocenters. The number of rotatable bonds is 4. The summed E-state index contributed by atoms with van der Waals surface area (Å²) in [4.78, 5) is 2.63. The summed E-state index contributed by atoms with van der Waals surface area (Å²) in [6, 6.07) is 1.48. The Balaban J connectivity index is 2.33. The van der Waals surface area contributed by atoms with Crippen molar-refractivity contribution in [2.45, 2.75) is 46.2 Å². The lowest BCUT2D eigenvalue weighted by Gasteiger charge is -2.28. The molecule has 1 rings (SSSR count). The lowest BCUT2D eigenvalue weighted by atomic mass is 10.1. The summed E-state index contributed by atoms with van der Waals surface area (Å²) in [5.74, 6) is 0.888. The van der Waals surface area contributed by atoms with Crippen LogP contribution < -0.4 is 5.32 Å². The van der Waals surface area contributed by atoms with E-state index in [9.17, 15) is 0 Å². The molecule has 0 aromatic carbocycles. The molecule has 1 aliphatic heterocycles. The first-order valence-electron chi connectivity index (χ1n) is 5.61. The van der Waals surface area contributed by atoms with Crippen molar-refractivity contribution in [1.82, 2.24) is 10.2 Å². The predicted molar refractivity (Wildman–Crippen MR) is 58.0 cm³/mol. The molecular formula is C11H24N2. The fourth-order valence-electron chi connectivity index (χ4n) is 2.42. The van der Waals surface area contributed by atoms with Crippen LogP contribution in [-0.4, -0.2) is 36.6 Å². The van der Waals surface area contributed by atoms with E-state index in [4.69, 9.17) is 0 Å². The minimum Gasteiger partial charge on any atom is -0.315 e. The van der Waals surface area contributed by atoms with E-state index >= 15 is 0 Å². The van der Waals surface area contributed by atoms with Crippen LogP contribution in [0.15, 0.2) is 0 Å². The number of nitrogens with zero attached hydrogens (tertiary/aromatic N) is 1. The Bertz CT molecular complexity index is 147. The Hall–Kier alpha value is -0.0800. The molecule has 13 heavy (non-hydrogen) atoms. The Morgan fingerprint density at radius 2 is 2.15 bits per heavy atom. The second-order valence-corrected chi connectivity index (χ2v) is 4.54. The van der Waals surface area contributed by atoms with Gasteiger partial charge in [0.05, 0.1) is 0 Å².